The first kappa shape index (κ1) is 19.4. The maximum Gasteiger partial charge on any atom is 0.323 e. The van der Waals surface area contributed by atoms with E-state index in [1.807, 2.05) is 0 Å². The van der Waals surface area contributed by atoms with E-state index in [0.717, 1.165) is 12.8 Å². The van der Waals surface area contributed by atoms with Crippen LogP contribution in [0.25, 0.3) is 0 Å². The van der Waals surface area contributed by atoms with Crippen LogP contribution < -0.4 is 5.73 Å². The molecule has 3 nitrogen and oxygen atoms in total. The Hall–Kier alpha value is -0.570. The van der Waals surface area contributed by atoms with Gasteiger partial charge in [0, 0.05) is 0 Å². The Kier molecular flexibility index (Phi) is 11.8. The Morgan fingerprint density at radius 1 is 1.00 bits per heavy atom. The van der Waals surface area contributed by atoms with Crippen LogP contribution in [0.3, 0.4) is 0 Å². The van der Waals surface area contributed by atoms with E-state index in [-0.39, 0.29) is 11.9 Å². The normalized spacial score (nSPS) is 14.3. The molecule has 0 bridgehead atoms. The molecule has 0 aliphatic heterocycles. The lowest BCUT2D eigenvalue weighted by atomic mass is 9.81. The second-order valence-electron chi connectivity index (χ2n) is 5.95. The summed E-state index contributed by atoms with van der Waals surface area (Å²) in [5.41, 5.74) is 6.11. The van der Waals surface area contributed by atoms with E-state index in [9.17, 15) is 4.79 Å². The SMILES string of the molecule is CCCCOC(=O)C(N)C(C)C(CCCC)CCCC. The van der Waals surface area contributed by atoms with Crippen molar-refractivity contribution in [2.45, 2.75) is 85.1 Å². The maximum atomic E-state index is 12.0. The van der Waals surface area contributed by atoms with Gasteiger partial charge in [-0.2, -0.15) is 0 Å². The summed E-state index contributed by atoms with van der Waals surface area (Å²) in [6.07, 6.45) is 9.14. The van der Waals surface area contributed by atoms with Crippen LogP contribution in [-0.4, -0.2) is 18.6 Å². The molecule has 0 saturated heterocycles. The molecular weight excluding hydrogens is 250 g/mol. The smallest absolute Gasteiger partial charge is 0.323 e. The Balaban J connectivity index is 4.35. The van der Waals surface area contributed by atoms with Gasteiger partial charge in [0.1, 0.15) is 6.04 Å². The van der Waals surface area contributed by atoms with Crippen LogP contribution in [0.15, 0.2) is 0 Å². The van der Waals surface area contributed by atoms with E-state index < -0.39 is 6.04 Å². The third-order valence-electron chi connectivity index (χ3n) is 4.18. The van der Waals surface area contributed by atoms with Crippen molar-refractivity contribution in [2.24, 2.45) is 17.6 Å². The van der Waals surface area contributed by atoms with Crippen molar-refractivity contribution in [2.75, 3.05) is 6.61 Å². The average molecular weight is 285 g/mol. The number of unbranched alkanes of at least 4 members (excludes halogenated alkanes) is 3. The molecule has 0 aliphatic carbocycles. The largest absolute Gasteiger partial charge is 0.465 e. The van der Waals surface area contributed by atoms with Crippen molar-refractivity contribution in [3.05, 3.63) is 0 Å². The number of ether oxygens (including phenoxy) is 1. The van der Waals surface area contributed by atoms with Crippen molar-refractivity contribution in [1.82, 2.24) is 0 Å². The lowest BCUT2D eigenvalue weighted by molar-refractivity contribution is -0.147. The molecule has 0 spiro atoms. The molecule has 0 aliphatic rings. The van der Waals surface area contributed by atoms with Crippen LogP contribution in [0.4, 0.5) is 0 Å². The first-order valence-corrected chi connectivity index (χ1v) is 8.50. The first-order valence-electron chi connectivity index (χ1n) is 8.50. The summed E-state index contributed by atoms with van der Waals surface area (Å²) in [6.45, 7) is 9.12. The highest BCUT2D eigenvalue weighted by Gasteiger charge is 2.28. The molecule has 2 unspecified atom stereocenters. The third kappa shape index (κ3) is 7.88. The molecule has 2 N–H and O–H groups in total. The van der Waals surface area contributed by atoms with Crippen LogP contribution in [0.5, 0.6) is 0 Å². The summed E-state index contributed by atoms with van der Waals surface area (Å²) in [5.74, 6) is 0.537. The summed E-state index contributed by atoms with van der Waals surface area (Å²) < 4.78 is 5.26. The van der Waals surface area contributed by atoms with Gasteiger partial charge in [0.05, 0.1) is 6.61 Å². The zero-order chi connectivity index (χ0) is 15.4. The number of carbonyl (C=O) groups is 1. The van der Waals surface area contributed by atoms with Crippen molar-refractivity contribution in [3.8, 4) is 0 Å². The molecule has 0 radical (unpaired) electrons. The van der Waals surface area contributed by atoms with E-state index >= 15 is 0 Å². The van der Waals surface area contributed by atoms with Crippen molar-refractivity contribution < 1.29 is 9.53 Å². The Bertz CT molecular complexity index is 235. The second-order valence-corrected chi connectivity index (χ2v) is 5.95. The maximum absolute atomic E-state index is 12.0. The number of carbonyl (C=O) groups excluding carboxylic acids is 1. The summed E-state index contributed by atoms with van der Waals surface area (Å²) in [6, 6.07) is -0.467. The van der Waals surface area contributed by atoms with Gasteiger partial charge in [-0.15, -0.1) is 0 Å². The molecule has 3 heteroatoms. The molecule has 0 fully saturated rings. The monoisotopic (exact) mass is 285 g/mol. The Labute approximate surface area is 125 Å². The van der Waals surface area contributed by atoms with Crippen molar-refractivity contribution in [1.29, 1.82) is 0 Å². The molecule has 0 rings (SSSR count). The number of hydrogen-bond acceptors (Lipinski definition) is 3. The first-order chi connectivity index (χ1) is 9.58. The van der Waals surface area contributed by atoms with Crippen LogP contribution in [0, 0.1) is 11.8 Å². The standard InChI is InChI=1S/C17H35NO2/c1-5-8-11-15(12-9-6-2)14(4)16(18)17(19)20-13-10-7-3/h14-16H,5-13,18H2,1-4H3. The van der Waals surface area contributed by atoms with Crippen molar-refractivity contribution in [3.63, 3.8) is 0 Å². The quantitative estimate of drug-likeness (QED) is 0.430. The molecule has 0 aromatic heterocycles. The molecule has 0 amide bonds. The third-order valence-corrected chi connectivity index (χ3v) is 4.18. The molecule has 2 atom stereocenters. The number of rotatable bonds is 12. The fourth-order valence-corrected chi connectivity index (χ4v) is 2.52. The Morgan fingerprint density at radius 2 is 1.50 bits per heavy atom. The fourth-order valence-electron chi connectivity index (χ4n) is 2.52. The average Bonchev–Trinajstić information content (AvgIpc) is 2.46. The van der Waals surface area contributed by atoms with Crippen LogP contribution in [-0.2, 0) is 9.53 Å². The van der Waals surface area contributed by atoms with Gasteiger partial charge in [0.25, 0.3) is 0 Å². The van der Waals surface area contributed by atoms with E-state index in [4.69, 9.17) is 10.5 Å². The molecule has 120 valence electrons. The van der Waals surface area contributed by atoms with Gasteiger partial charge in [-0.05, 0) is 18.3 Å². The zero-order valence-corrected chi connectivity index (χ0v) is 14.0. The zero-order valence-electron chi connectivity index (χ0n) is 14.0. The van der Waals surface area contributed by atoms with E-state index in [1.54, 1.807) is 0 Å². The Morgan fingerprint density at radius 3 is 1.95 bits per heavy atom. The summed E-state index contributed by atoms with van der Waals surface area (Å²) in [4.78, 5) is 12.0. The predicted octanol–water partition coefficient (Wildman–Crippen LogP) is 4.29. The highest BCUT2D eigenvalue weighted by molar-refractivity contribution is 5.75. The van der Waals surface area contributed by atoms with E-state index in [0.29, 0.717) is 12.5 Å². The molecule has 0 aromatic carbocycles. The van der Waals surface area contributed by atoms with Crippen LogP contribution in [0.1, 0.15) is 79.1 Å². The number of hydrogen-bond donors (Lipinski definition) is 1. The van der Waals surface area contributed by atoms with Gasteiger partial charge < -0.3 is 10.5 Å². The van der Waals surface area contributed by atoms with Gasteiger partial charge in [0.2, 0.25) is 0 Å². The number of esters is 1. The highest BCUT2D eigenvalue weighted by atomic mass is 16.5. The summed E-state index contributed by atoms with van der Waals surface area (Å²) in [7, 11) is 0. The van der Waals surface area contributed by atoms with Crippen LogP contribution >= 0.6 is 0 Å². The predicted molar refractivity (Wildman–Crippen MR) is 85.5 cm³/mol. The fraction of sp³-hybridized carbons (Fsp3) is 0.941. The molecule has 20 heavy (non-hydrogen) atoms. The topological polar surface area (TPSA) is 52.3 Å². The molecule has 0 aromatic rings. The van der Waals surface area contributed by atoms with E-state index in [1.165, 1.54) is 38.5 Å². The minimum absolute atomic E-state index is 0.210. The minimum atomic E-state index is -0.467. The van der Waals surface area contributed by atoms with Gasteiger partial charge in [-0.1, -0.05) is 72.6 Å². The molecule has 0 heterocycles. The second kappa shape index (κ2) is 12.2. The highest BCUT2D eigenvalue weighted by Crippen LogP contribution is 2.26. The van der Waals surface area contributed by atoms with Crippen molar-refractivity contribution >= 4 is 5.97 Å². The minimum Gasteiger partial charge on any atom is -0.465 e. The van der Waals surface area contributed by atoms with Gasteiger partial charge in [-0.3, -0.25) is 4.79 Å². The van der Waals surface area contributed by atoms with Gasteiger partial charge in [-0.25, -0.2) is 0 Å². The van der Waals surface area contributed by atoms with E-state index in [2.05, 4.69) is 27.7 Å². The molecular formula is C17H35NO2. The number of nitrogens with two attached hydrogens (primary N) is 1. The summed E-state index contributed by atoms with van der Waals surface area (Å²) >= 11 is 0. The molecule has 0 saturated carbocycles. The lowest BCUT2D eigenvalue weighted by Gasteiger charge is -2.27. The van der Waals surface area contributed by atoms with Gasteiger partial charge in [0.15, 0.2) is 0 Å². The summed E-state index contributed by atoms with van der Waals surface area (Å²) in [5, 5.41) is 0. The van der Waals surface area contributed by atoms with Gasteiger partial charge >= 0.3 is 5.97 Å². The van der Waals surface area contributed by atoms with Crippen LogP contribution in [0.2, 0.25) is 0 Å². The lowest BCUT2D eigenvalue weighted by Crippen LogP contribution is -2.41.